The number of amides is 1. The lowest BCUT2D eigenvalue weighted by Crippen LogP contribution is -2.32. The number of anilines is 2. The number of fused-ring (bicyclic) bond motifs is 3. The van der Waals surface area contributed by atoms with Gasteiger partial charge in [-0.25, -0.2) is 14.5 Å². The molecule has 2 atom stereocenters. The van der Waals surface area contributed by atoms with Gasteiger partial charge in [-0.1, -0.05) is 48.5 Å². The van der Waals surface area contributed by atoms with E-state index in [9.17, 15) is 9.59 Å². The average Bonchev–Trinajstić information content (AvgIpc) is 3.64. The van der Waals surface area contributed by atoms with Gasteiger partial charge in [0.1, 0.15) is 24.1 Å². The predicted octanol–water partition coefficient (Wildman–Crippen LogP) is 5.36. The fourth-order valence-electron chi connectivity index (χ4n) is 4.59. The van der Waals surface area contributed by atoms with E-state index >= 15 is 0 Å². The average molecular weight is 474 g/mol. The zero-order valence-electron chi connectivity index (χ0n) is 19.5. The molecule has 1 aliphatic carbocycles. The largest absolute Gasteiger partial charge is 0.482 e. The van der Waals surface area contributed by atoms with Gasteiger partial charge < -0.3 is 18.9 Å². The van der Waals surface area contributed by atoms with Crippen LogP contribution in [0.1, 0.15) is 30.6 Å². The van der Waals surface area contributed by atoms with Gasteiger partial charge in [-0.2, -0.15) is 0 Å². The predicted molar refractivity (Wildman–Crippen MR) is 130 cm³/mol. The van der Waals surface area contributed by atoms with Crippen LogP contribution >= 0.6 is 0 Å². The quantitative estimate of drug-likeness (QED) is 0.324. The van der Waals surface area contributed by atoms with Crippen LogP contribution < -0.4 is 9.64 Å². The van der Waals surface area contributed by atoms with Crippen molar-refractivity contribution < 1.29 is 28.5 Å². The SMILES string of the molecule is CCOC(=O)COc1cccc2c1CCC1(COC(=O)N(c3ccccc3)c3ccccc3)OC21. The van der Waals surface area contributed by atoms with Crippen molar-refractivity contribution in [3.8, 4) is 5.75 Å². The van der Waals surface area contributed by atoms with Crippen LogP contribution in [0.5, 0.6) is 5.75 Å². The van der Waals surface area contributed by atoms with E-state index in [2.05, 4.69) is 0 Å². The first-order valence-electron chi connectivity index (χ1n) is 11.8. The lowest BCUT2D eigenvalue weighted by molar-refractivity contribution is -0.145. The van der Waals surface area contributed by atoms with E-state index in [0.29, 0.717) is 25.2 Å². The van der Waals surface area contributed by atoms with Crippen molar-refractivity contribution >= 4 is 23.4 Å². The van der Waals surface area contributed by atoms with Crippen molar-refractivity contribution in [1.29, 1.82) is 0 Å². The molecule has 0 bridgehead atoms. The maximum Gasteiger partial charge on any atom is 0.419 e. The summed E-state index contributed by atoms with van der Waals surface area (Å²) in [6, 6.07) is 24.6. The van der Waals surface area contributed by atoms with Gasteiger partial charge in [-0.05, 0) is 55.7 Å². The van der Waals surface area contributed by atoms with E-state index in [4.69, 9.17) is 18.9 Å². The first-order valence-corrected chi connectivity index (χ1v) is 11.8. The number of nitrogens with zero attached hydrogens (tertiary/aromatic N) is 1. The molecule has 0 aromatic heterocycles. The highest BCUT2D eigenvalue weighted by atomic mass is 16.6. The van der Waals surface area contributed by atoms with Crippen molar-refractivity contribution in [1.82, 2.24) is 0 Å². The molecule has 180 valence electrons. The minimum absolute atomic E-state index is 0.132. The maximum atomic E-state index is 13.2. The molecule has 7 nitrogen and oxygen atoms in total. The summed E-state index contributed by atoms with van der Waals surface area (Å²) in [5.41, 5.74) is 2.95. The van der Waals surface area contributed by atoms with Crippen LogP contribution in [-0.4, -0.2) is 37.5 Å². The fraction of sp³-hybridized carbons (Fsp3) is 0.286. The summed E-state index contributed by atoms with van der Waals surface area (Å²) < 4.78 is 22.6. The zero-order chi connectivity index (χ0) is 24.3. The minimum Gasteiger partial charge on any atom is -0.482 e. The maximum absolute atomic E-state index is 13.2. The van der Waals surface area contributed by atoms with Crippen molar-refractivity contribution in [2.75, 3.05) is 24.7 Å². The van der Waals surface area contributed by atoms with Crippen LogP contribution in [0.15, 0.2) is 78.9 Å². The highest BCUT2D eigenvalue weighted by molar-refractivity contribution is 5.95. The normalized spacial score (nSPS) is 19.6. The van der Waals surface area contributed by atoms with Crippen molar-refractivity contribution in [3.05, 3.63) is 90.0 Å². The summed E-state index contributed by atoms with van der Waals surface area (Å²) in [6.45, 7) is 2.10. The smallest absolute Gasteiger partial charge is 0.419 e. The Morgan fingerprint density at radius 3 is 2.29 bits per heavy atom. The second-order valence-electron chi connectivity index (χ2n) is 8.54. The molecule has 5 rings (SSSR count). The molecule has 1 heterocycles. The standard InChI is InChI=1S/C28H27NO6/c1-2-32-25(30)18-33-24-15-9-14-23-22(24)16-17-28(26(23)35-28)19-34-27(31)29(20-10-5-3-6-11-20)21-12-7-4-8-13-21/h3-15,26H,2,16-19H2,1H3. The van der Waals surface area contributed by atoms with Crippen LogP contribution in [0.2, 0.25) is 0 Å². The molecule has 1 saturated heterocycles. The number of ether oxygens (including phenoxy) is 4. The zero-order valence-corrected chi connectivity index (χ0v) is 19.5. The van der Waals surface area contributed by atoms with Gasteiger partial charge in [0.25, 0.3) is 0 Å². The van der Waals surface area contributed by atoms with Crippen LogP contribution in [0.3, 0.4) is 0 Å². The molecular formula is C28H27NO6. The molecule has 2 unspecified atom stereocenters. The second kappa shape index (κ2) is 9.80. The van der Waals surface area contributed by atoms with Crippen molar-refractivity contribution in [3.63, 3.8) is 0 Å². The Morgan fingerprint density at radius 2 is 1.63 bits per heavy atom. The number of carbonyl (C=O) groups excluding carboxylic acids is 2. The third-order valence-corrected chi connectivity index (χ3v) is 6.33. The van der Waals surface area contributed by atoms with Gasteiger partial charge in [0.2, 0.25) is 0 Å². The van der Waals surface area contributed by atoms with E-state index < -0.39 is 17.7 Å². The number of hydrogen-bond acceptors (Lipinski definition) is 6. The number of para-hydroxylation sites is 2. The molecule has 1 amide bonds. The van der Waals surface area contributed by atoms with Crippen LogP contribution in [0.4, 0.5) is 16.2 Å². The molecule has 0 N–H and O–H groups in total. The molecule has 1 fully saturated rings. The summed E-state index contributed by atoms with van der Waals surface area (Å²) in [5.74, 6) is 0.266. The molecule has 3 aromatic carbocycles. The van der Waals surface area contributed by atoms with E-state index in [0.717, 1.165) is 22.5 Å². The molecule has 1 aliphatic heterocycles. The van der Waals surface area contributed by atoms with Gasteiger partial charge in [-0.3, -0.25) is 0 Å². The van der Waals surface area contributed by atoms with Gasteiger partial charge in [0.05, 0.1) is 18.0 Å². The Bertz CT molecular complexity index is 1160. The number of epoxide rings is 1. The Balaban J connectivity index is 1.28. The van der Waals surface area contributed by atoms with E-state index in [-0.39, 0.29) is 19.3 Å². The third kappa shape index (κ3) is 4.72. The van der Waals surface area contributed by atoms with Crippen molar-refractivity contribution in [2.45, 2.75) is 31.5 Å². The Labute approximate surface area is 204 Å². The van der Waals surface area contributed by atoms with E-state index in [1.165, 1.54) is 0 Å². The third-order valence-electron chi connectivity index (χ3n) is 6.33. The van der Waals surface area contributed by atoms with Gasteiger partial charge >= 0.3 is 12.1 Å². The summed E-state index contributed by atoms with van der Waals surface area (Å²) in [6.07, 6.45) is 0.758. The van der Waals surface area contributed by atoms with Gasteiger partial charge in [0.15, 0.2) is 6.61 Å². The highest BCUT2D eigenvalue weighted by Gasteiger charge is 2.61. The molecule has 3 aromatic rings. The summed E-state index contributed by atoms with van der Waals surface area (Å²) in [7, 11) is 0. The summed E-state index contributed by atoms with van der Waals surface area (Å²) >= 11 is 0. The van der Waals surface area contributed by atoms with Crippen LogP contribution in [-0.2, 0) is 25.4 Å². The van der Waals surface area contributed by atoms with Crippen LogP contribution in [0.25, 0.3) is 0 Å². The number of benzene rings is 3. The molecule has 0 spiro atoms. The molecular weight excluding hydrogens is 446 g/mol. The van der Waals surface area contributed by atoms with Gasteiger partial charge in [0, 0.05) is 5.56 Å². The van der Waals surface area contributed by atoms with Gasteiger partial charge in [-0.15, -0.1) is 0 Å². The lowest BCUT2D eigenvalue weighted by Gasteiger charge is -2.25. The molecule has 2 aliphatic rings. The Kier molecular flexibility index (Phi) is 6.42. The Morgan fingerprint density at radius 1 is 0.943 bits per heavy atom. The van der Waals surface area contributed by atoms with E-state index in [1.807, 2.05) is 78.9 Å². The monoisotopic (exact) mass is 473 g/mol. The Hall–Kier alpha value is -3.84. The highest BCUT2D eigenvalue weighted by Crippen LogP contribution is 2.58. The topological polar surface area (TPSA) is 77.6 Å². The second-order valence-corrected chi connectivity index (χ2v) is 8.54. The first-order chi connectivity index (χ1) is 17.1. The van der Waals surface area contributed by atoms with Crippen LogP contribution in [0, 0.1) is 0 Å². The molecule has 7 heteroatoms. The molecule has 0 saturated carbocycles. The molecule has 0 radical (unpaired) electrons. The number of carbonyl (C=O) groups is 2. The number of rotatable bonds is 8. The number of hydrogen-bond donors (Lipinski definition) is 0. The minimum atomic E-state index is -0.540. The lowest BCUT2D eigenvalue weighted by atomic mass is 9.84. The fourth-order valence-corrected chi connectivity index (χ4v) is 4.59. The summed E-state index contributed by atoms with van der Waals surface area (Å²) in [5, 5.41) is 0. The first kappa shape index (κ1) is 22.9. The summed E-state index contributed by atoms with van der Waals surface area (Å²) in [4.78, 5) is 26.5. The van der Waals surface area contributed by atoms with Crippen molar-refractivity contribution in [2.24, 2.45) is 0 Å². The number of esters is 1. The molecule has 35 heavy (non-hydrogen) atoms. The van der Waals surface area contributed by atoms with E-state index in [1.54, 1.807) is 11.8 Å².